The van der Waals surface area contributed by atoms with Crippen molar-refractivity contribution < 1.29 is 9.18 Å². The molecule has 6 nitrogen and oxygen atoms in total. The number of nitrogens with one attached hydrogen (secondary N) is 2. The van der Waals surface area contributed by atoms with Gasteiger partial charge in [-0.3, -0.25) is 4.79 Å². The number of anilines is 3. The van der Waals surface area contributed by atoms with Crippen molar-refractivity contribution >= 4 is 34.1 Å². The largest absolute Gasteiger partial charge is 0.340 e. The number of carbonyl (C=O) groups is 1. The van der Waals surface area contributed by atoms with Gasteiger partial charge >= 0.3 is 0 Å². The van der Waals surface area contributed by atoms with Gasteiger partial charge in [-0.25, -0.2) is 19.3 Å². The molecule has 0 aliphatic rings. The summed E-state index contributed by atoms with van der Waals surface area (Å²) in [5, 5.41) is 6.75. The van der Waals surface area contributed by atoms with Crippen molar-refractivity contribution in [3.8, 4) is 0 Å². The number of aromatic nitrogens is 3. The number of halogens is 1. The number of pyridine rings is 1. The Labute approximate surface area is 154 Å². The van der Waals surface area contributed by atoms with Crippen molar-refractivity contribution in [2.45, 2.75) is 0 Å². The van der Waals surface area contributed by atoms with Crippen molar-refractivity contribution in [3.63, 3.8) is 0 Å². The quantitative estimate of drug-likeness (QED) is 0.572. The highest BCUT2D eigenvalue weighted by molar-refractivity contribution is 6.04. The standard InChI is InChI=1S/C20H14FN5O/c21-14-5-1-4-13(10-14)20(27)26-16-7-2-6-15(11-16)25-19-17-8-3-9-22-18(17)23-12-24-19/h1-12H,(H,26,27)(H,22,23,24,25). The van der Waals surface area contributed by atoms with Gasteiger partial charge in [0.15, 0.2) is 5.65 Å². The fourth-order valence-electron chi connectivity index (χ4n) is 2.64. The molecule has 0 radical (unpaired) electrons. The highest BCUT2D eigenvalue weighted by Crippen LogP contribution is 2.23. The van der Waals surface area contributed by atoms with Crippen molar-refractivity contribution in [2.24, 2.45) is 0 Å². The van der Waals surface area contributed by atoms with Crippen LogP contribution in [0.2, 0.25) is 0 Å². The molecular formula is C20H14FN5O. The first kappa shape index (κ1) is 16.6. The van der Waals surface area contributed by atoms with Gasteiger partial charge in [0.1, 0.15) is 18.0 Å². The fourth-order valence-corrected chi connectivity index (χ4v) is 2.64. The van der Waals surface area contributed by atoms with Gasteiger partial charge in [0.25, 0.3) is 5.91 Å². The van der Waals surface area contributed by atoms with Gasteiger partial charge in [-0.2, -0.15) is 0 Å². The van der Waals surface area contributed by atoms with Crippen LogP contribution in [0.4, 0.5) is 21.6 Å². The minimum absolute atomic E-state index is 0.251. The van der Waals surface area contributed by atoms with Gasteiger partial charge in [0, 0.05) is 23.1 Å². The third-order valence-corrected chi connectivity index (χ3v) is 3.88. The smallest absolute Gasteiger partial charge is 0.255 e. The molecule has 7 heteroatoms. The molecule has 0 bridgehead atoms. The van der Waals surface area contributed by atoms with Crippen LogP contribution in [0.15, 0.2) is 73.2 Å². The van der Waals surface area contributed by atoms with Gasteiger partial charge < -0.3 is 10.6 Å². The van der Waals surface area contributed by atoms with E-state index < -0.39 is 5.82 Å². The summed E-state index contributed by atoms with van der Waals surface area (Å²) in [5.74, 6) is -0.229. The fraction of sp³-hybridized carbons (Fsp3) is 0. The molecule has 0 saturated heterocycles. The Morgan fingerprint density at radius 3 is 2.63 bits per heavy atom. The molecule has 0 aliphatic carbocycles. The van der Waals surface area contributed by atoms with E-state index in [1.807, 2.05) is 18.2 Å². The molecule has 4 rings (SSSR count). The van der Waals surface area contributed by atoms with Crippen LogP contribution < -0.4 is 10.6 Å². The molecule has 2 N–H and O–H groups in total. The molecule has 1 amide bonds. The van der Waals surface area contributed by atoms with Crippen molar-refractivity contribution in [3.05, 3.63) is 84.6 Å². The van der Waals surface area contributed by atoms with E-state index in [2.05, 4.69) is 25.6 Å². The van der Waals surface area contributed by atoms with E-state index in [4.69, 9.17) is 0 Å². The Kier molecular flexibility index (Phi) is 4.40. The summed E-state index contributed by atoms with van der Waals surface area (Å²) in [6.07, 6.45) is 3.11. The van der Waals surface area contributed by atoms with E-state index >= 15 is 0 Å². The van der Waals surface area contributed by atoms with Gasteiger partial charge in [-0.1, -0.05) is 12.1 Å². The third kappa shape index (κ3) is 3.72. The van der Waals surface area contributed by atoms with Crippen LogP contribution in [0.5, 0.6) is 0 Å². The summed E-state index contributed by atoms with van der Waals surface area (Å²) in [7, 11) is 0. The Morgan fingerprint density at radius 1 is 0.889 bits per heavy atom. The zero-order valence-corrected chi connectivity index (χ0v) is 14.1. The molecule has 4 aromatic rings. The zero-order valence-electron chi connectivity index (χ0n) is 14.1. The molecule has 2 aromatic carbocycles. The monoisotopic (exact) mass is 359 g/mol. The van der Waals surface area contributed by atoms with E-state index in [9.17, 15) is 9.18 Å². The summed E-state index contributed by atoms with van der Waals surface area (Å²) in [6.45, 7) is 0. The average Bonchev–Trinajstić information content (AvgIpc) is 2.69. The lowest BCUT2D eigenvalue weighted by molar-refractivity contribution is 0.102. The van der Waals surface area contributed by atoms with Crippen LogP contribution >= 0.6 is 0 Å². The Hall–Kier alpha value is -3.87. The second-order valence-corrected chi connectivity index (χ2v) is 5.77. The number of fused-ring (bicyclic) bond motifs is 1. The van der Waals surface area contributed by atoms with Gasteiger partial charge in [0.2, 0.25) is 0 Å². The highest BCUT2D eigenvalue weighted by atomic mass is 19.1. The first-order valence-corrected chi connectivity index (χ1v) is 8.19. The van der Waals surface area contributed by atoms with E-state index in [1.165, 1.54) is 24.5 Å². The number of carbonyl (C=O) groups excluding carboxylic acids is 1. The summed E-state index contributed by atoms with van der Waals surface area (Å²) < 4.78 is 13.3. The van der Waals surface area contributed by atoms with Crippen molar-refractivity contribution in [2.75, 3.05) is 10.6 Å². The predicted molar refractivity (Wildman–Crippen MR) is 101 cm³/mol. The van der Waals surface area contributed by atoms with E-state index in [-0.39, 0.29) is 11.5 Å². The van der Waals surface area contributed by atoms with Gasteiger partial charge in [0.05, 0.1) is 5.39 Å². The zero-order chi connectivity index (χ0) is 18.6. The van der Waals surface area contributed by atoms with E-state index in [0.29, 0.717) is 17.2 Å². The topological polar surface area (TPSA) is 79.8 Å². The second kappa shape index (κ2) is 7.17. The van der Waals surface area contributed by atoms with Crippen LogP contribution in [0.1, 0.15) is 10.4 Å². The number of benzene rings is 2. The Morgan fingerprint density at radius 2 is 1.74 bits per heavy atom. The lowest BCUT2D eigenvalue weighted by Gasteiger charge is -2.10. The molecule has 132 valence electrons. The van der Waals surface area contributed by atoms with Crippen LogP contribution in [0.25, 0.3) is 11.0 Å². The molecule has 0 fully saturated rings. The minimum atomic E-state index is -0.456. The van der Waals surface area contributed by atoms with Crippen LogP contribution in [0, 0.1) is 5.82 Å². The maximum Gasteiger partial charge on any atom is 0.255 e. The van der Waals surface area contributed by atoms with Crippen LogP contribution in [-0.2, 0) is 0 Å². The van der Waals surface area contributed by atoms with E-state index in [1.54, 1.807) is 30.5 Å². The number of nitrogens with zero attached hydrogens (tertiary/aromatic N) is 3. The lowest BCUT2D eigenvalue weighted by atomic mass is 10.2. The minimum Gasteiger partial charge on any atom is -0.340 e. The normalized spacial score (nSPS) is 10.6. The second-order valence-electron chi connectivity index (χ2n) is 5.77. The molecule has 0 spiro atoms. The summed E-state index contributed by atoms with van der Waals surface area (Å²) in [5.41, 5.74) is 2.15. The number of hydrogen-bond acceptors (Lipinski definition) is 5. The third-order valence-electron chi connectivity index (χ3n) is 3.88. The molecule has 0 atom stereocenters. The SMILES string of the molecule is O=C(Nc1cccc(Nc2ncnc3ncccc23)c1)c1cccc(F)c1. The first-order valence-electron chi connectivity index (χ1n) is 8.19. The lowest BCUT2D eigenvalue weighted by Crippen LogP contribution is -2.12. The average molecular weight is 359 g/mol. The number of rotatable bonds is 4. The summed E-state index contributed by atoms with van der Waals surface area (Å²) in [6, 6.07) is 16.4. The van der Waals surface area contributed by atoms with E-state index in [0.717, 1.165) is 11.1 Å². The summed E-state index contributed by atoms with van der Waals surface area (Å²) in [4.78, 5) is 24.9. The summed E-state index contributed by atoms with van der Waals surface area (Å²) >= 11 is 0. The Balaban J connectivity index is 1.56. The van der Waals surface area contributed by atoms with Crippen molar-refractivity contribution in [1.29, 1.82) is 0 Å². The van der Waals surface area contributed by atoms with Gasteiger partial charge in [-0.15, -0.1) is 0 Å². The molecule has 0 unspecified atom stereocenters. The maximum absolute atomic E-state index is 13.3. The molecule has 2 heterocycles. The maximum atomic E-state index is 13.3. The molecule has 0 aliphatic heterocycles. The predicted octanol–water partition coefficient (Wildman–Crippen LogP) is 4.16. The van der Waals surface area contributed by atoms with Gasteiger partial charge in [-0.05, 0) is 48.5 Å². The highest BCUT2D eigenvalue weighted by Gasteiger charge is 2.08. The Bertz CT molecular complexity index is 1130. The van der Waals surface area contributed by atoms with Crippen molar-refractivity contribution in [1.82, 2.24) is 15.0 Å². The molecule has 2 aromatic heterocycles. The molecule has 27 heavy (non-hydrogen) atoms. The molecular weight excluding hydrogens is 345 g/mol. The number of amides is 1. The first-order chi connectivity index (χ1) is 13.2. The van der Waals surface area contributed by atoms with Crippen LogP contribution in [-0.4, -0.2) is 20.9 Å². The number of hydrogen-bond donors (Lipinski definition) is 2. The van der Waals surface area contributed by atoms with Crippen LogP contribution in [0.3, 0.4) is 0 Å². The molecule has 0 saturated carbocycles.